The van der Waals surface area contributed by atoms with E-state index < -0.39 is 10.0 Å². The fourth-order valence-corrected chi connectivity index (χ4v) is 4.18. The molecule has 1 aliphatic rings. The molecule has 0 radical (unpaired) electrons. The first kappa shape index (κ1) is 18.8. The number of hydrogen-bond acceptors (Lipinski definition) is 5. The highest BCUT2D eigenvalue weighted by molar-refractivity contribution is 7.90. The Hall–Kier alpha value is -3.52. The van der Waals surface area contributed by atoms with Crippen molar-refractivity contribution in [1.29, 1.82) is 0 Å². The molecule has 0 aliphatic carbocycles. The Bertz CT molecular complexity index is 1170. The highest BCUT2D eigenvalue weighted by Crippen LogP contribution is 2.26. The van der Waals surface area contributed by atoms with Gasteiger partial charge >= 0.3 is 0 Å². The fraction of sp³-hybridized carbons (Fsp3) is 0.0952. The van der Waals surface area contributed by atoms with E-state index in [-0.39, 0.29) is 16.6 Å². The predicted molar refractivity (Wildman–Crippen MR) is 111 cm³/mol. The Morgan fingerprint density at radius 2 is 1.76 bits per heavy atom. The van der Waals surface area contributed by atoms with Gasteiger partial charge in [0.15, 0.2) is 5.84 Å². The van der Waals surface area contributed by atoms with Gasteiger partial charge in [-0.2, -0.15) is 8.42 Å². The predicted octanol–water partition coefficient (Wildman–Crippen LogP) is 2.62. The molecule has 0 bridgehead atoms. The molecule has 0 unspecified atom stereocenters. The summed E-state index contributed by atoms with van der Waals surface area (Å²) in [6.07, 6.45) is 4.19. The van der Waals surface area contributed by atoms with E-state index >= 15 is 0 Å². The van der Waals surface area contributed by atoms with Crippen molar-refractivity contribution < 1.29 is 13.2 Å². The molecular weight excluding hydrogens is 388 g/mol. The number of carbonyl (C=O) groups excluding carboxylic acids is 1. The van der Waals surface area contributed by atoms with Gasteiger partial charge < -0.3 is 10.6 Å². The number of benzene rings is 2. The van der Waals surface area contributed by atoms with Crippen molar-refractivity contribution in [3.05, 3.63) is 89.7 Å². The van der Waals surface area contributed by atoms with Crippen LogP contribution < -0.4 is 10.6 Å². The quantitative estimate of drug-likeness (QED) is 0.678. The maximum atomic E-state index is 12.3. The highest BCUT2D eigenvalue weighted by atomic mass is 32.2. The van der Waals surface area contributed by atoms with E-state index in [0.29, 0.717) is 29.8 Å². The van der Waals surface area contributed by atoms with Gasteiger partial charge in [-0.3, -0.25) is 9.78 Å². The van der Waals surface area contributed by atoms with Gasteiger partial charge in [-0.05, 0) is 54.4 Å². The van der Waals surface area contributed by atoms with Crippen molar-refractivity contribution in [2.75, 3.05) is 11.9 Å². The second-order valence-electron chi connectivity index (χ2n) is 6.48. The molecule has 1 amide bonds. The van der Waals surface area contributed by atoms with Gasteiger partial charge in [-0.15, -0.1) is 4.40 Å². The Balaban J connectivity index is 1.39. The molecule has 1 aromatic heterocycles. The normalized spacial score (nSPS) is 14.0. The van der Waals surface area contributed by atoms with Crippen LogP contribution in [0, 0.1) is 0 Å². The van der Waals surface area contributed by atoms with Crippen LogP contribution in [0.5, 0.6) is 0 Å². The summed E-state index contributed by atoms with van der Waals surface area (Å²) in [5.74, 6) is 0.0980. The Morgan fingerprint density at radius 3 is 2.52 bits per heavy atom. The molecule has 0 saturated heterocycles. The van der Waals surface area contributed by atoms with Crippen molar-refractivity contribution in [2.24, 2.45) is 4.40 Å². The van der Waals surface area contributed by atoms with Crippen molar-refractivity contribution in [3.63, 3.8) is 0 Å². The molecule has 4 rings (SSSR count). The number of amides is 1. The lowest BCUT2D eigenvalue weighted by Gasteiger charge is -2.08. The highest BCUT2D eigenvalue weighted by Gasteiger charge is 2.28. The number of hydrogen-bond donors (Lipinski definition) is 2. The van der Waals surface area contributed by atoms with Gasteiger partial charge in [-0.25, -0.2) is 0 Å². The van der Waals surface area contributed by atoms with Crippen molar-refractivity contribution in [2.45, 2.75) is 11.3 Å². The summed E-state index contributed by atoms with van der Waals surface area (Å²) in [5, 5.41) is 5.89. The molecule has 3 aromatic rings. The lowest BCUT2D eigenvalue weighted by atomic mass is 10.1. The van der Waals surface area contributed by atoms with Crippen LogP contribution in [0.2, 0.25) is 0 Å². The summed E-state index contributed by atoms with van der Waals surface area (Å²) in [4.78, 5) is 16.5. The Morgan fingerprint density at radius 1 is 0.966 bits per heavy atom. The number of pyridine rings is 1. The number of nitrogens with one attached hydrogen (secondary N) is 2. The third kappa shape index (κ3) is 4.17. The van der Waals surface area contributed by atoms with E-state index in [1.54, 1.807) is 54.9 Å². The summed E-state index contributed by atoms with van der Waals surface area (Å²) in [6, 6.07) is 17.3. The number of nitrogens with zero attached hydrogens (tertiary/aromatic N) is 2. The summed E-state index contributed by atoms with van der Waals surface area (Å²) in [6.45, 7) is 0.510. The van der Waals surface area contributed by atoms with Crippen LogP contribution in [-0.4, -0.2) is 31.7 Å². The van der Waals surface area contributed by atoms with E-state index in [4.69, 9.17) is 0 Å². The minimum Gasteiger partial charge on any atom is -0.352 e. The van der Waals surface area contributed by atoms with Gasteiger partial charge in [0.2, 0.25) is 0 Å². The molecule has 1 aliphatic heterocycles. The summed E-state index contributed by atoms with van der Waals surface area (Å²) in [5.41, 5.74) is 2.75. The van der Waals surface area contributed by atoms with E-state index in [0.717, 1.165) is 5.56 Å². The van der Waals surface area contributed by atoms with Crippen LogP contribution >= 0.6 is 0 Å². The van der Waals surface area contributed by atoms with Crippen LogP contribution in [-0.2, 0) is 16.4 Å². The monoisotopic (exact) mass is 406 g/mol. The summed E-state index contributed by atoms with van der Waals surface area (Å²) < 4.78 is 28.0. The number of amidine groups is 1. The molecule has 0 atom stereocenters. The first-order valence-electron chi connectivity index (χ1n) is 9.01. The van der Waals surface area contributed by atoms with Crippen LogP contribution in [0.1, 0.15) is 21.5 Å². The SMILES string of the molecule is O=C(NCCc1cccnc1)c1ccc(NC2=NS(=O)(=O)c3ccccc32)cc1. The number of sulfonamides is 1. The van der Waals surface area contributed by atoms with Crippen LogP contribution in [0.4, 0.5) is 5.69 Å². The average molecular weight is 406 g/mol. The maximum Gasteiger partial charge on any atom is 0.285 e. The number of aromatic nitrogens is 1. The largest absolute Gasteiger partial charge is 0.352 e. The average Bonchev–Trinajstić information content (AvgIpc) is 2.99. The second kappa shape index (κ2) is 7.84. The first-order valence-corrected chi connectivity index (χ1v) is 10.5. The number of carbonyl (C=O) groups is 1. The smallest absolute Gasteiger partial charge is 0.285 e. The first-order chi connectivity index (χ1) is 14.0. The molecule has 0 saturated carbocycles. The topological polar surface area (TPSA) is 101 Å². The van der Waals surface area contributed by atoms with Crippen LogP contribution in [0.25, 0.3) is 0 Å². The molecule has 2 aromatic carbocycles. The second-order valence-corrected chi connectivity index (χ2v) is 8.05. The van der Waals surface area contributed by atoms with Gasteiger partial charge in [0.25, 0.3) is 15.9 Å². The molecule has 0 fully saturated rings. The molecule has 7 nitrogen and oxygen atoms in total. The molecule has 0 spiro atoms. The zero-order valence-electron chi connectivity index (χ0n) is 15.4. The third-order valence-corrected chi connectivity index (χ3v) is 5.80. The lowest BCUT2D eigenvalue weighted by molar-refractivity contribution is 0.0954. The standard InChI is InChI=1S/C21H18N4O3S/c26-21(23-13-11-15-4-3-12-22-14-15)16-7-9-17(10-8-16)24-20-18-5-1-2-6-19(18)29(27,28)25-20/h1-10,12,14H,11,13H2,(H,23,26)(H,24,25). The number of rotatable bonds is 5. The van der Waals surface area contributed by atoms with E-state index in [1.165, 1.54) is 6.07 Å². The molecule has 2 heterocycles. The molecular formula is C21H18N4O3S. The van der Waals surface area contributed by atoms with Gasteiger partial charge in [0, 0.05) is 35.8 Å². The summed E-state index contributed by atoms with van der Waals surface area (Å²) in [7, 11) is -3.67. The van der Waals surface area contributed by atoms with Crippen molar-refractivity contribution in [1.82, 2.24) is 10.3 Å². The lowest BCUT2D eigenvalue weighted by Crippen LogP contribution is -2.25. The van der Waals surface area contributed by atoms with Crippen molar-refractivity contribution >= 4 is 27.5 Å². The third-order valence-electron chi connectivity index (χ3n) is 4.46. The van der Waals surface area contributed by atoms with E-state index in [2.05, 4.69) is 20.0 Å². The molecule has 146 valence electrons. The number of anilines is 1. The van der Waals surface area contributed by atoms with Gasteiger partial charge in [0.05, 0.1) is 0 Å². The maximum absolute atomic E-state index is 12.3. The van der Waals surface area contributed by atoms with Crippen LogP contribution in [0.15, 0.2) is 82.4 Å². The van der Waals surface area contributed by atoms with Gasteiger partial charge in [0.1, 0.15) is 4.90 Å². The molecule has 29 heavy (non-hydrogen) atoms. The Kier molecular flexibility index (Phi) is 5.09. The fourth-order valence-electron chi connectivity index (χ4n) is 3.01. The minimum atomic E-state index is -3.67. The number of fused-ring (bicyclic) bond motifs is 1. The molecule has 2 N–H and O–H groups in total. The van der Waals surface area contributed by atoms with E-state index in [1.807, 2.05) is 12.1 Å². The molecule has 8 heteroatoms. The zero-order chi connectivity index (χ0) is 20.3. The van der Waals surface area contributed by atoms with E-state index in [9.17, 15) is 13.2 Å². The van der Waals surface area contributed by atoms with Gasteiger partial charge in [-0.1, -0.05) is 18.2 Å². The van der Waals surface area contributed by atoms with Crippen molar-refractivity contribution in [3.8, 4) is 0 Å². The zero-order valence-corrected chi connectivity index (χ0v) is 16.2. The summed E-state index contributed by atoms with van der Waals surface area (Å²) >= 11 is 0. The Labute approximate surface area is 168 Å². The van der Waals surface area contributed by atoms with Crippen LogP contribution in [0.3, 0.4) is 0 Å². The minimum absolute atomic E-state index is 0.174.